The molecule has 4 aromatic carbocycles. The first kappa shape index (κ1) is 35.1. The van der Waals surface area contributed by atoms with Gasteiger partial charge in [0.2, 0.25) is 0 Å². The summed E-state index contributed by atoms with van der Waals surface area (Å²) >= 11 is 0. The van der Waals surface area contributed by atoms with E-state index in [9.17, 15) is 5.11 Å². The first-order valence-electron chi connectivity index (χ1n) is 17.9. The molecule has 4 nitrogen and oxygen atoms in total. The van der Waals surface area contributed by atoms with E-state index < -0.39 is 5.60 Å². The van der Waals surface area contributed by atoms with Gasteiger partial charge in [-0.2, -0.15) is 0 Å². The molecular weight excluding hydrogens is 592 g/mol. The number of rotatable bonds is 15. The zero-order valence-corrected chi connectivity index (χ0v) is 30.2. The van der Waals surface area contributed by atoms with Crippen LogP contribution in [0, 0.1) is 13.8 Å². The number of aromatic hydroxyl groups is 1. The van der Waals surface area contributed by atoms with E-state index in [2.05, 4.69) is 103 Å². The van der Waals surface area contributed by atoms with Crippen molar-refractivity contribution >= 4 is 5.57 Å². The Morgan fingerprint density at radius 3 is 1.90 bits per heavy atom. The predicted molar refractivity (Wildman–Crippen MR) is 201 cm³/mol. The minimum absolute atomic E-state index is 0.230. The van der Waals surface area contributed by atoms with Crippen LogP contribution in [-0.4, -0.2) is 18.3 Å². The third-order valence-electron chi connectivity index (χ3n) is 9.37. The van der Waals surface area contributed by atoms with Gasteiger partial charge in [0.25, 0.3) is 0 Å². The van der Waals surface area contributed by atoms with Gasteiger partial charge in [-0.15, -0.1) is 0 Å². The highest BCUT2D eigenvalue weighted by atomic mass is 16.5. The molecule has 0 spiro atoms. The summed E-state index contributed by atoms with van der Waals surface area (Å²) in [5.41, 5.74) is 11.1. The van der Waals surface area contributed by atoms with Gasteiger partial charge in [0, 0.05) is 5.56 Å². The van der Waals surface area contributed by atoms with E-state index in [-0.39, 0.29) is 5.75 Å². The second-order valence-corrected chi connectivity index (χ2v) is 14.1. The van der Waals surface area contributed by atoms with Crippen LogP contribution >= 0.6 is 0 Å². The number of fused-ring (bicyclic) bond motifs is 3. The van der Waals surface area contributed by atoms with Crippen molar-refractivity contribution in [2.45, 2.75) is 105 Å². The van der Waals surface area contributed by atoms with Crippen molar-refractivity contribution in [3.05, 3.63) is 101 Å². The molecule has 48 heavy (non-hydrogen) atoms. The summed E-state index contributed by atoms with van der Waals surface area (Å²) in [6.07, 6.45) is 8.73. The summed E-state index contributed by atoms with van der Waals surface area (Å²) in [4.78, 5) is 0. The smallest absolute Gasteiger partial charge is 0.132 e. The van der Waals surface area contributed by atoms with Gasteiger partial charge in [-0.3, -0.25) is 0 Å². The Kier molecular flexibility index (Phi) is 11.2. The highest BCUT2D eigenvalue weighted by molar-refractivity contribution is 5.87. The Morgan fingerprint density at radius 2 is 1.29 bits per heavy atom. The minimum Gasteiger partial charge on any atom is -0.507 e. The van der Waals surface area contributed by atoms with Crippen molar-refractivity contribution in [3.63, 3.8) is 0 Å². The van der Waals surface area contributed by atoms with Crippen LogP contribution in [0.4, 0.5) is 0 Å². The van der Waals surface area contributed by atoms with Crippen LogP contribution in [-0.2, 0) is 18.4 Å². The molecule has 0 atom stereocenters. The third kappa shape index (κ3) is 7.92. The standard InChI is InChI=1S/C44H54O4/c1-9-11-13-15-32-25-38(45)42(35-23-30(5)17-19-34(35)29(3)4)39(26-32)46-21-22-47-40-27-33(16-14-12-10-2)28-41-43(40)36-24-31(6)18-20-37(36)44(7,8)48-41/h17-20,23-28,45H,3,9-16,21-22H2,1-2,4-8H3. The zero-order valence-electron chi connectivity index (χ0n) is 30.2. The summed E-state index contributed by atoms with van der Waals surface area (Å²) < 4.78 is 19.8. The lowest BCUT2D eigenvalue weighted by Gasteiger charge is -2.36. The molecular formula is C44H54O4. The van der Waals surface area contributed by atoms with Crippen LogP contribution in [0.15, 0.2) is 67.2 Å². The maximum Gasteiger partial charge on any atom is 0.132 e. The van der Waals surface area contributed by atoms with Gasteiger partial charge in [0.1, 0.15) is 41.8 Å². The Morgan fingerprint density at radius 1 is 0.729 bits per heavy atom. The van der Waals surface area contributed by atoms with Crippen LogP contribution in [0.5, 0.6) is 23.0 Å². The normalized spacial score (nSPS) is 13.0. The summed E-state index contributed by atoms with van der Waals surface area (Å²) in [5, 5.41) is 11.5. The Balaban J connectivity index is 1.47. The highest BCUT2D eigenvalue weighted by Gasteiger charge is 2.34. The summed E-state index contributed by atoms with van der Waals surface area (Å²) in [6, 6.07) is 21.3. The molecule has 0 bridgehead atoms. The fourth-order valence-corrected chi connectivity index (χ4v) is 6.85. The van der Waals surface area contributed by atoms with Crippen molar-refractivity contribution in [1.82, 2.24) is 0 Å². The molecule has 4 heteroatoms. The molecule has 0 amide bonds. The summed E-state index contributed by atoms with van der Waals surface area (Å²) in [7, 11) is 0. The van der Waals surface area contributed by atoms with E-state index in [4.69, 9.17) is 14.2 Å². The Bertz CT molecular complexity index is 1760. The van der Waals surface area contributed by atoms with Gasteiger partial charge in [-0.1, -0.05) is 99.2 Å². The SMILES string of the molecule is C=C(C)c1ccc(C)cc1-c1c(O)cc(CCCCC)cc1OCCOc1cc(CCCCC)cc2c1-c1cc(C)ccc1C(C)(C)O2. The molecule has 0 aliphatic carbocycles. The predicted octanol–water partition coefficient (Wildman–Crippen LogP) is 11.9. The average Bonchev–Trinajstić information content (AvgIpc) is 3.02. The van der Waals surface area contributed by atoms with Crippen molar-refractivity contribution in [1.29, 1.82) is 0 Å². The lowest BCUT2D eigenvalue weighted by atomic mass is 9.84. The lowest BCUT2D eigenvalue weighted by molar-refractivity contribution is 0.105. The Labute approximate surface area is 288 Å². The van der Waals surface area contributed by atoms with Crippen LogP contribution in [0.2, 0.25) is 0 Å². The lowest BCUT2D eigenvalue weighted by Crippen LogP contribution is -2.29. The maximum atomic E-state index is 11.5. The number of allylic oxidation sites excluding steroid dienone is 1. The molecule has 1 aliphatic heterocycles. The number of aryl methyl sites for hydroxylation is 4. The van der Waals surface area contributed by atoms with Crippen molar-refractivity contribution in [2.75, 3.05) is 13.2 Å². The highest BCUT2D eigenvalue weighted by Crippen LogP contribution is 2.50. The average molecular weight is 647 g/mol. The van der Waals surface area contributed by atoms with Gasteiger partial charge in [0.05, 0.1) is 11.1 Å². The Hall–Kier alpha value is -4.18. The third-order valence-corrected chi connectivity index (χ3v) is 9.37. The number of ether oxygens (including phenoxy) is 3. The van der Waals surface area contributed by atoms with Crippen LogP contribution in [0.25, 0.3) is 27.8 Å². The number of hydrogen-bond acceptors (Lipinski definition) is 4. The van der Waals surface area contributed by atoms with E-state index in [1.165, 1.54) is 24.0 Å². The number of unbranched alkanes of at least 4 members (excludes halogenated alkanes) is 4. The molecule has 1 aliphatic rings. The molecule has 0 radical (unpaired) electrons. The number of phenols is 1. The molecule has 5 rings (SSSR count). The molecule has 0 unspecified atom stereocenters. The summed E-state index contributed by atoms with van der Waals surface area (Å²) in [6.45, 7) is 19.8. The molecule has 1 N–H and O–H groups in total. The number of phenolic OH excluding ortho intramolecular Hbond substituents is 1. The van der Waals surface area contributed by atoms with Gasteiger partial charge in [-0.25, -0.2) is 0 Å². The van der Waals surface area contributed by atoms with Crippen LogP contribution < -0.4 is 14.2 Å². The molecule has 0 aromatic heterocycles. The molecule has 0 saturated heterocycles. The van der Waals surface area contributed by atoms with Gasteiger partial charge >= 0.3 is 0 Å². The molecule has 0 saturated carbocycles. The van der Waals surface area contributed by atoms with E-state index in [0.29, 0.717) is 24.5 Å². The second-order valence-electron chi connectivity index (χ2n) is 14.1. The van der Waals surface area contributed by atoms with Gasteiger partial charge in [-0.05, 0) is 112 Å². The zero-order chi connectivity index (χ0) is 34.4. The monoisotopic (exact) mass is 646 g/mol. The number of hydrogen-bond donors (Lipinski definition) is 1. The van der Waals surface area contributed by atoms with E-state index in [1.807, 2.05) is 13.0 Å². The molecule has 4 aromatic rings. The van der Waals surface area contributed by atoms with Crippen molar-refractivity contribution < 1.29 is 19.3 Å². The topological polar surface area (TPSA) is 47.9 Å². The quantitative estimate of drug-likeness (QED) is 0.131. The second kappa shape index (κ2) is 15.4. The number of benzene rings is 4. The van der Waals surface area contributed by atoms with Crippen molar-refractivity contribution in [3.8, 4) is 45.3 Å². The fourth-order valence-electron chi connectivity index (χ4n) is 6.85. The van der Waals surface area contributed by atoms with E-state index >= 15 is 0 Å². The van der Waals surface area contributed by atoms with Gasteiger partial charge < -0.3 is 19.3 Å². The van der Waals surface area contributed by atoms with Crippen LogP contribution in [0.3, 0.4) is 0 Å². The van der Waals surface area contributed by atoms with Crippen molar-refractivity contribution in [2.24, 2.45) is 0 Å². The van der Waals surface area contributed by atoms with Crippen LogP contribution in [0.1, 0.15) is 107 Å². The molecule has 1 heterocycles. The minimum atomic E-state index is -0.447. The van der Waals surface area contributed by atoms with E-state index in [0.717, 1.165) is 94.5 Å². The fraction of sp³-hybridized carbons (Fsp3) is 0.409. The first-order valence-corrected chi connectivity index (χ1v) is 17.9. The van der Waals surface area contributed by atoms with E-state index in [1.54, 1.807) is 0 Å². The van der Waals surface area contributed by atoms with Gasteiger partial charge in [0.15, 0.2) is 0 Å². The molecule has 0 fully saturated rings. The summed E-state index contributed by atoms with van der Waals surface area (Å²) in [5.74, 6) is 2.60. The molecule has 254 valence electrons. The maximum absolute atomic E-state index is 11.5. The largest absolute Gasteiger partial charge is 0.507 e. The first-order chi connectivity index (χ1) is 23.0.